The number of alkyl halides is 3. The molecule has 1 unspecified atom stereocenters. The number of halogens is 5. The topological polar surface area (TPSA) is 159 Å². The number of piperidine rings is 2. The van der Waals surface area contributed by atoms with Gasteiger partial charge in [-0.15, -0.1) is 0 Å². The van der Waals surface area contributed by atoms with Gasteiger partial charge in [0.2, 0.25) is 23.6 Å². The minimum absolute atomic E-state index is 0.110. The van der Waals surface area contributed by atoms with Crippen molar-refractivity contribution in [2.24, 2.45) is 10.8 Å². The van der Waals surface area contributed by atoms with E-state index in [1.807, 2.05) is 17.0 Å². The van der Waals surface area contributed by atoms with E-state index in [1.165, 1.54) is 12.3 Å². The Hall–Kier alpha value is -5.33. The fraction of sp³-hybridized carbons (Fsp3) is 0.593. The lowest BCUT2D eigenvalue weighted by Gasteiger charge is -2.54. The van der Waals surface area contributed by atoms with Gasteiger partial charge in [0.15, 0.2) is 0 Å². The van der Waals surface area contributed by atoms with Crippen molar-refractivity contribution < 1.29 is 41.5 Å². The summed E-state index contributed by atoms with van der Waals surface area (Å²) in [7, 11) is 0. The molecule has 73 heavy (non-hydrogen) atoms. The number of hydrogen-bond donors (Lipinski definition) is 4. The molecule has 3 aromatic rings. The molecule has 390 valence electrons. The molecule has 14 nitrogen and oxygen atoms in total. The Morgan fingerprint density at radius 2 is 1.62 bits per heavy atom. The Labute approximate surface area is 427 Å². The molecule has 7 heterocycles. The largest absolute Gasteiger partial charge is 0.433 e. The molecule has 3 saturated carbocycles. The van der Waals surface area contributed by atoms with E-state index in [9.17, 15) is 32.3 Å². The van der Waals surface area contributed by atoms with Crippen LogP contribution in [0.15, 0.2) is 48.7 Å². The first-order valence-electron chi connectivity index (χ1n) is 26.1. The number of carbonyl (C=O) groups is 5. The van der Waals surface area contributed by atoms with E-state index in [-0.39, 0.29) is 58.3 Å². The first kappa shape index (κ1) is 49.9. The van der Waals surface area contributed by atoms with E-state index in [1.54, 1.807) is 17.0 Å². The molecule has 3 aliphatic carbocycles. The lowest BCUT2D eigenvalue weighted by atomic mass is 9.56. The summed E-state index contributed by atoms with van der Waals surface area (Å²) in [5.41, 5.74) is 0.0710. The third kappa shape index (κ3) is 8.73. The Bertz CT molecular complexity index is 2730. The Balaban J connectivity index is 0.720. The quantitative estimate of drug-likeness (QED) is 0.138. The maximum atomic E-state index is 16.4. The molecule has 1 spiro atoms. The van der Waals surface area contributed by atoms with Gasteiger partial charge in [0.05, 0.1) is 11.1 Å². The molecular weight excluding hydrogens is 966 g/mol. The summed E-state index contributed by atoms with van der Waals surface area (Å²) in [5.74, 6) is -2.54. The average molecular weight is 1030 g/mol. The summed E-state index contributed by atoms with van der Waals surface area (Å²) < 4.78 is 58.2. The third-order valence-corrected chi connectivity index (χ3v) is 18.4. The number of aromatic nitrogens is 1. The average Bonchev–Trinajstić information content (AvgIpc) is 4.02. The molecule has 4 saturated heterocycles. The summed E-state index contributed by atoms with van der Waals surface area (Å²) in [6.07, 6.45) is 3.37. The number of piperazine rings is 1. The number of nitrogens with zero attached hydrogens (tertiary/aromatic N) is 5. The van der Waals surface area contributed by atoms with Crippen LogP contribution in [0, 0.1) is 16.6 Å². The lowest BCUT2D eigenvalue weighted by Crippen LogP contribution is -2.63. The van der Waals surface area contributed by atoms with Crippen LogP contribution < -0.4 is 26.2 Å². The van der Waals surface area contributed by atoms with E-state index in [0.717, 1.165) is 56.3 Å². The van der Waals surface area contributed by atoms with Crippen LogP contribution in [-0.2, 0) is 37.3 Å². The third-order valence-electron chi connectivity index (χ3n) is 18.1. The van der Waals surface area contributed by atoms with Gasteiger partial charge in [-0.05, 0) is 111 Å². The van der Waals surface area contributed by atoms with E-state index < -0.39 is 64.0 Å². The molecule has 2 bridgehead atoms. The van der Waals surface area contributed by atoms with Gasteiger partial charge < -0.3 is 30.7 Å². The Morgan fingerprint density at radius 1 is 0.904 bits per heavy atom. The van der Waals surface area contributed by atoms with Gasteiger partial charge >= 0.3 is 6.18 Å². The summed E-state index contributed by atoms with van der Waals surface area (Å²) >= 11 is 6.43. The molecule has 4 N–H and O–H groups in total. The summed E-state index contributed by atoms with van der Waals surface area (Å²) in [6, 6.07) is 9.95. The van der Waals surface area contributed by atoms with Crippen molar-refractivity contribution in [3.63, 3.8) is 0 Å². The fourth-order valence-electron chi connectivity index (χ4n) is 14.2. The Kier molecular flexibility index (Phi) is 12.4. The lowest BCUT2D eigenvalue weighted by molar-refractivity contribution is -0.152. The number of fused-ring (bicyclic) bond motifs is 6. The number of benzene rings is 2. The van der Waals surface area contributed by atoms with Gasteiger partial charge in [0.1, 0.15) is 17.6 Å². The van der Waals surface area contributed by atoms with Crippen molar-refractivity contribution in [3.05, 3.63) is 87.4 Å². The fourth-order valence-corrected chi connectivity index (χ4v) is 14.4. The van der Waals surface area contributed by atoms with E-state index in [0.29, 0.717) is 88.2 Å². The normalized spacial score (nSPS) is 30.7. The van der Waals surface area contributed by atoms with Crippen molar-refractivity contribution in [1.82, 2.24) is 35.6 Å². The molecule has 19 heteroatoms. The van der Waals surface area contributed by atoms with Crippen LogP contribution >= 0.6 is 11.6 Å². The van der Waals surface area contributed by atoms with E-state index >= 15 is 9.18 Å². The van der Waals surface area contributed by atoms with Crippen LogP contribution in [-0.4, -0.2) is 125 Å². The Morgan fingerprint density at radius 3 is 2.29 bits per heavy atom. The molecule has 9 aliphatic rings. The van der Waals surface area contributed by atoms with Gasteiger partial charge in [-0.25, -0.2) is 4.39 Å². The summed E-state index contributed by atoms with van der Waals surface area (Å²) in [4.78, 5) is 79.5. The van der Waals surface area contributed by atoms with Gasteiger partial charge in [-0.1, -0.05) is 44.5 Å². The minimum Gasteiger partial charge on any atom is -0.384 e. The number of anilines is 2. The number of hydrogen-bond acceptors (Lipinski definition) is 10. The van der Waals surface area contributed by atoms with Crippen molar-refractivity contribution in [3.8, 4) is 0 Å². The van der Waals surface area contributed by atoms with E-state index in [4.69, 9.17) is 11.6 Å². The second-order valence-corrected chi connectivity index (χ2v) is 23.8. The highest BCUT2D eigenvalue weighted by atomic mass is 35.5. The number of amides is 5. The van der Waals surface area contributed by atoms with Gasteiger partial charge in [0.25, 0.3) is 5.91 Å². The van der Waals surface area contributed by atoms with Crippen LogP contribution in [0.3, 0.4) is 0 Å². The monoisotopic (exact) mass is 1030 g/mol. The molecule has 1 aromatic heterocycles. The molecular formula is C54H64ClF4N9O5. The molecule has 12 rings (SSSR count). The van der Waals surface area contributed by atoms with Crippen LogP contribution in [0.1, 0.15) is 130 Å². The molecule has 5 amide bonds. The molecule has 2 aromatic carbocycles. The highest BCUT2D eigenvalue weighted by molar-refractivity contribution is 6.30. The SMILES string of the molecule is CC(C)(C)C[C@@H]1N[C@@H](C(=O)NC23CCC(C(=O)N4CCN(C5CCN(c6ccc7c(c6)CN(C6CCC(=O)NC6=O)C7=O)CC5)CC4)(CC2)CC3)[C@H](c2cccc(Cl)c2F)[C@]12CNc1cc(C(F)(F)F)ncc12. The molecule has 6 aliphatic heterocycles. The zero-order chi connectivity index (χ0) is 51.4. The van der Waals surface area contributed by atoms with Gasteiger partial charge in [-0.3, -0.25) is 39.2 Å². The van der Waals surface area contributed by atoms with Crippen LogP contribution in [0.2, 0.25) is 5.02 Å². The maximum Gasteiger partial charge on any atom is 0.433 e. The number of carbonyl (C=O) groups excluding carboxylic acids is 5. The number of pyridine rings is 1. The van der Waals surface area contributed by atoms with Gasteiger partial charge in [-0.2, -0.15) is 13.2 Å². The van der Waals surface area contributed by atoms with Crippen molar-refractivity contribution in [2.45, 2.75) is 145 Å². The maximum absolute atomic E-state index is 16.4. The minimum atomic E-state index is -4.67. The zero-order valence-corrected chi connectivity index (χ0v) is 42.4. The molecule has 7 fully saturated rings. The number of nitrogens with one attached hydrogen (secondary N) is 4. The predicted octanol–water partition coefficient (Wildman–Crippen LogP) is 6.90. The smallest absolute Gasteiger partial charge is 0.384 e. The van der Waals surface area contributed by atoms with Crippen LogP contribution in [0.25, 0.3) is 0 Å². The molecule has 5 atom stereocenters. The van der Waals surface area contributed by atoms with Gasteiger partial charge in [0, 0.05) is 122 Å². The highest BCUT2D eigenvalue weighted by Gasteiger charge is 2.63. The van der Waals surface area contributed by atoms with Crippen molar-refractivity contribution in [1.29, 1.82) is 0 Å². The first-order chi connectivity index (χ1) is 34.7. The predicted molar refractivity (Wildman–Crippen MR) is 265 cm³/mol. The highest BCUT2D eigenvalue weighted by Crippen LogP contribution is 2.58. The number of rotatable bonds is 8. The number of imide groups is 1. The van der Waals surface area contributed by atoms with Crippen molar-refractivity contribution >= 4 is 52.5 Å². The van der Waals surface area contributed by atoms with Crippen LogP contribution in [0.4, 0.5) is 28.9 Å². The second kappa shape index (κ2) is 18.2. The molecule has 0 radical (unpaired) electrons. The first-order valence-corrected chi connectivity index (χ1v) is 26.5. The summed E-state index contributed by atoms with van der Waals surface area (Å²) in [5, 5.41) is 12.5. The van der Waals surface area contributed by atoms with E-state index in [2.05, 4.69) is 62.9 Å². The second-order valence-electron chi connectivity index (χ2n) is 23.4. The summed E-state index contributed by atoms with van der Waals surface area (Å²) in [6.45, 7) is 11.3. The standard InChI is InChI=1S/C54H64ClF4N9O5/c1-50(2,3)27-41-53(30-61-38-26-40(54(57,58)59)60-28-36(38)53)43(35-5-4-6-37(55)44(35)56)45(62-41)47(71)64-52-16-13-51(14-17-52,15-18-52)49(73)67-23-21-66(22-24-67)32-11-19-65(20-12-32)33-7-8-34-31(25-33)29-68(48(34)72)39-9-10-42(69)63-46(39)70/h4-8,25-26,28,32,39,41,43,45,61-62H,9-24,27,29-30H2,1-3H3,(H,64,71)(H,63,69,70)/t39?,41-,43-,45+,51?,52?,53-/m0/s1. The van der Waals surface area contributed by atoms with Crippen LogP contribution in [0.5, 0.6) is 0 Å². The zero-order valence-electron chi connectivity index (χ0n) is 41.6. The van der Waals surface area contributed by atoms with Crippen molar-refractivity contribution in [2.75, 3.05) is 56.0 Å².